The van der Waals surface area contributed by atoms with Crippen LogP contribution in [0, 0.1) is 11.6 Å². The van der Waals surface area contributed by atoms with E-state index in [0.717, 1.165) is 91.0 Å². The molecule has 2 aliphatic rings. The molecule has 2 aromatic carbocycles. The van der Waals surface area contributed by atoms with E-state index in [0.29, 0.717) is 57.7 Å². The van der Waals surface area contributed by atoms with Gasteiger partial charge < -0.3 is 39.7 Å². The Hall–Kier alpha value is -7.89. The van der Waals surface area contributed by atoms with Crippen LogP contribution in [-0.2, 0) is 6.54 Å². The Balaban J connectivity index is 0.000000130. The molecule has 8 aromatic heterocycles. The Bertz CT molecular complexity index is 3550. The van der Waals surface area contributed by atoms with Crippen molar-refractivity contribution in [1.29, 1.82) is 0 Å². The average molecular weight is 903 g/mol. The highest BCUT2D eigenvalue weighted by Gasteiger charge is 2.23. The zero-order chi connectivity index (χ0) is 46.0. The van der Waals surface area contributed by atoms with E-state index in [1.165, 1.54) is 42.5 Å². The number of nitrogens with two attached hydrogens (primary N) is 1. The highest BCUT2D eigenvalue weighted by atomic mass is 19.1. The van der Waals surface area contributed by atoms with Crippen LogP contribution >= 0.6 is 0 Å². The van der Waals surface area contributed by atoms with Gasteiger partial charge in [0.2, 0.25) is 0 Å². The quantitative estimate of drug-likeness (QED) is 0.0927. The van der Waals surface area contributed by atoms with E-state index in [4.69, 9.17) is 14.6 Å². The number of carbonyl (C=O) groups excluding carboxylic acids is 1. The molecule has 0 atom stereocenters. The number of anilines is 2. The number of hydrogen-bond donors (Lipinski definition) is 4. The number of hydrogen-bond acceptors (Lipinski definition) is 13. The molecule has 15 nitrogen and oxygen atoms in total. The monoisotopic (exact) mass is 902 g/mol. The summed E-state index contributed by atoms with van der Waals surface area (Å²) in [5.74, 6) is 1.24. The van der Waals surface area contributed by atoms with E-state index >= 15 is 0 Å². The van der Waals surface area contributed by atoms with E-state index in [2.05, 4.69) is 57.2 Å². The second kappa shape index (κ2) is 18.5. The molecule has 0 saturated carbocycles. The summed E-state index contributed by atoms with van der Waals surface area (Å²) in [5.41, 5.74) is 9.48. The highest BCUT2D eigenvalue weighted by molar-refractivity contribution is 6.04. The molecule has 338 valence electrons. The number of aromatic amines is 2. The van der Waals surface area contributed by atoms with Crippen molar-refractivity contribution in [1.82, 2.24) is 35.2 Å². The summed E-state index contributed by atoms with van der Waals surface area (Å²) in [6.07, 6.45) is 11.9. The maximum atomic E-state index is 13.7. The Kier molecular flexibility index (Phi) is 11.9. The first-order chi connectivity index (χ1) is 32.7. The lowest BCUT2D eigenvalue weighted by Gasteiger charge is -2.33. The number of rotatable bonds is 6. The molecule has 0 spiro atoms. The van der Waals surface area contributed by atoms with Gasteiger partial charge in [-0.15, -0.1) is 0 Å². The van der Waals surface area contributed by atoms with Gasteiger partial charge in [-0.3, -0.25) is 14.8 Å². The Morgan fingerprint density at radius 1 is 0.627 bits per heavy atom. The third kappa shape index (κ3) is 8.93. The van der Waals surface area contributed by atoms with Gasteiger partial charge in [0.1, 0.15) is 40.0 Å². The van der Waals surface area contributed by atoms with Crippen molar-refractivity contribution in [2.75, 3.05) is 36.0 Å². The van der Waals surface area contributed by atoms with Crippen molar-refractivity contribution in [2.45, 2.75) is 44.3 Å². The molecule has 2 fully saturated rings. The summed E-state index contributed by atoms with van der Waals surface area (Å²) in [4.78, 5) is 63.0. The van der Waals surface area contributed by atoms with Gasteiger partial charge in [0.15, 0.2) is 6.29 Å². The van der Waals surface area contributed by atoms with Crippen molar-refractivity contribution in [3.05, 3.63) is 154 Å². The van der Waals surface area contributed by atoms with Crippen LogP contribution in [0.2, 0.25) is 0 Å². The standard InChI is InChI=1S/C25H22FN5O2.C13H16N4.C12H6FNO3/c26-15-3-4-22-19(12-15)20-13-17(30-23(20)25(32)33-22)14-29-16-6-10-31(11-7-16)24-18-2-1-8-27-21(18)5-9-28-24;14-10-4-8-17(9-5-10)13-11-2-1-6-15-12(11)3-7-16-13;13-6-1-2-10-8(3-6)11-9(12(16)17-10)4-7(5-15)14-11/h1-5,8-9,12-13,16,29-30H,6-7,10-11,14H2;1-3,6-7,10H,4-5,8-9,14H2;1-5,14H. The molecule has 10 aromatic rings. The summed E-state index contributed by atoms with van der Waals surface area (Å²) in [5, 5.41) is 7.75. The van der Waals surface area contributed by atoms with Gasteiger partial charge in [0.25, 0.3) is 0 Å². The largest absolute Gasteiger partial charge is 0.422 e. The smallest absolute Gasteiger partial charge is 0.360 e. The van der Waals surface area contributed by atoms with Crippen LogP contribution in [0.3, 0.4) is 0 Å². The number of aromatic nitrogens is 6. The normalized spacial score (nSPS) is 14.7. The Labute approximate surface area is 379 Å². The van der Waals surface area contributed by atoms with Crippen LogP contribution in [-0.4, -0.2) is 74.5 Å². The first kappa shape index (κ1) is 43.0. The predicted octanol–water partition coefficient (Wildman–Crippen LogP) is 7.90. The highest BCUT2D eigenvalue weighted by Crippen LogP contribution is 2.29. The number of carbonyl (C=O) groups is 1. The van der Waals surface area contributed by atoms with E-state index in [9.17, 15) is 23.2 Å². The van der Waals surface area contributed by atoms with Crippen LogP contribution < -0.4 is 32.1 Å². The Morgan fingerprint density at radius 2 is 1.21 bits per heavy atom. The molecular formula is C50H44F2N10O5. The number of halogens is 2. The number of piperidine rings is 2. The fourth-order valence-electron chi connectivity index (χ4n) is 8.93. The van der Waals surface area contributed by atoms with Crippen molar-refractivity contribution < 1.29 is 22.4 Å². The van der Waals surface area contributed by atoms with Crippen molar-refractivity contribution in [2.24, 2.45) is 5.73 Å². The minimum absolute atomic E-state index is 0.241. The lowest BCUT2D eigenvalue weighted by Crippen LogP contribution is -2.42. The second-order valence-electron chi connectivity index (χ2n) is 16.7. The van der Waals surface area contributed by atoms with E-state index in [-0.39, 0.29) is 22.5 Å². The first-order valence-corrected chi connectivity index (χ1v) is 22.0. The van der Waals surface area contributed by atoms with E-state index < -0.39 is 17.1 Å². The topological polar surface area (TPSA) is 205 Å². The molecule has 10 heterocycles. The molecule has 5 N–H and O–H groups in total. The number of benzene rings is 2. The lowest BCUT2D eigenvalue weighted by atomic mass is 10.0. The lowest BCUT2D eigenvalue weighted by molar-refractivity contribution is 0.111. The third-order valence-electron chi connectivity index (χ3n) is 12.3. The molecule has 0 radical (unpaired) electrons. The summed E-state index contributed by atoms with van der Waals surface area (Å²) >= 11 is 0. The molecule has 0 aliphatic carbocycles. The zero-order valence-electron chi connectivity index (χ0n) is 36.0. The molecule has 2 aliphatic heterocycles. The molecule has 12 rings (SSSR count). The van der Waals surface area contributed by atoms with Gasteiger partial charge in [0.05, 0.1) is 27.6 Å². The van der Waals surface area contributed by atoms with Gasteiger partial charge in [-0.2, -0.15) is 0 Å². The minimum atomic E-state index is -0.552. The summed E-state index contributed by atoms with van der Waals surface area (Å²) in [6, 6.07) is 24.0. The molecule has 67 heavy (non-hydrogen) atoms. The van der Waals surface area contributed by atoms with Crippen LogP contribution in [0.4, 0.5) is 20.4 Å². The summed E-state index contributed by atoms with van der Waals surface area (Å²) in [6.45, 7) is 4.37. The number of H-pyrrole nitrogens is 2. The maximum Gasteiger partial charge on any atom is 0.360 e. The van der Waals surface area contributed by atoms with E-state index in [1.807, 2.05) is 48.9 Å². The second-order valence-corrected chi connectivity index (χ2v) is 16.7. The van der Waals surface area contributed by atoms with Gasteiger partial charge in [-0.1, -0.05) is 0 Å². The third-order valence-corrected chi connectivity index (χ3v) is 12.3. The number of aldehydes is 1. The Morgan fingerprint density at radius 3 is 1.84 bits per heavy atom. The maximum absolute atomic E-state index is 13.7. The average Bonchev–Trinajstić information content (AvgIpc) is 4.01. The minimum Gasteiger partial charge on any atom is -0.422 e. The van der Waals surface area contributed by atoms with Crippen molar-refractivity contribution in [3.63, 3.8) is 0 Å². The molecule has 17 heteroatoms. The molecule has 2 saturated heterocycles. The summed E-state index contributed by atoms with van der Waals surface area (Å²) < 4.78 is 37.3. The van der Waals surface area contributed by atoms with Gasteiger partial charge in [-0.25, -0.2) is 28.3 Å². The molecule has 0 bridgehead atoms. The van der Waals surface area contributed by atoms with Gasteiger partial charge in [0, 0.05) is 102 Å². The number of nitrogens with one attached hydrogen (secondary N) is 3. The van der Waals surface area contributed by atoms with Crippen LogP contribution in [0.15, 0.2) is 128 Å². The fourth-order valence-corrected chi connectivity index (χ4v) is 8.93. The van der Waals surface area contributed by atoms with Gasteiger partial charge in [-0.05, 0) is 111 Å². The van der Waals surface area contributed by atoms with Crippen molar-refractivity contribution >= 4 is 83.5 Å². The van der Waals surface area contributed by atoms with Crippen molar-refractivity contribution in [3.8, 4) is 0 Å². The SMILES string of the molecule is NC1CCN(c2nccc3ncccc23)CC1.O=Cc1cc2c(=O)oc3ccc(F)cc3c2[nH]1.O=c1oc2ccc(F)cc2c2cc(CNC3CCN(c4nccc5ncccc45)CC3)[nH]c12. The number of fused-ring (bicyclic) bond motifs is 8. The number of pyridine rings is 4. The van der Waals surface area contributed by atoms with Gasteiger partial charge >= 0.3 is 11.3 Å². The van der Waals surface area contributed by atoms with Crippen LogP contribution in [0.25, 0.3) is 65.6 Å². The van der Waals surface area contributed by atoms with Crippen LogP contribution in [0.5, 0.6) is 0 Å². The van der Waals surface area contributed by atoms with Crippen LogP contribution in [0.1, 0.15) is 41.9 Å². The van der Waals surface area contributed by atoms with E-state index in [1.54, 1.807) is 6.20 Å². The summed E-state index contributed by atoms with van der Waals surface area (Å²) in [7, 11) is 0. The zero-order valence-corrected chi connectivity index (χ0v) is 36.0. The molecular weight excluding hydrogens is 859 g/mol. The number of nitrogens with zero attached hydrogens (tertiary/aromatic N) is 6. The first-order valence-electron chi connectivity index (χ1n) is 22.0. The molecule has 0 unspecified atom stereocenters. The predicted molar refractivity (Wildman–Crippen MR) is 255 cm³/mol. The molecule has 0 amide bonds. The fraction of sp³-hybridized carbons (Fsp3) is 0.220.